The molecule has 0 aromatic heterocycles. The summed E-state index contributed by atoms with van der Waals surface area (Å²) in [6.45, 7) is 2.03. The minimum Gasteiger partial charge on any atom is -0.497 e. The first-order valence-electron chi connectivity index (χ1n) is 8.98. The number of ether oxygens (including phenoxy) is 1. The minimum atomic E-state index is -0.676. The molecule has 2 aromatic rings. The van der Waals surface area contributed by atoms with E-state index in [0.717, 1.165) is 5.56 Å². The molecule has 1 atom stereocenters. The Morgan fingerprint density at radius 1 is 1.21 bits per heavy atom. The van der Waals surface area contributed by atoms with Gasteiger partial charge in [0, 0.05) is 24.2 Å². The zero-order valence-corrected chi connectivity index (χ0v) is 16.9. The maximum atomic E-state index is 14.1. The van der Waals surface area contributed by atoms with Crippen LogP contribution in [0.15, 0.2) is 42.5 Å². The zero-order valence-electron chi connectivity index (χ0n) is 16.2. The smallest absolute Gasteiger partial charge is 0.242 e. The fraction of sp³-hybridized carbons (Fsp3) is 0.333. The molecule has 0 saturated carbocycles. The number of carbonyl (C=O) groups is 2. The fourth-order valence-electron chi connectivity index (χ4n) is 2.97. The Morgan fingerprint density at radius 2 is 1.89 bits per heavy atom. The molecule has 0 aliphatic heterocycles. The predicted octanol–water partition coefficient (Wildman–Crippen LogP) is 3.58. The van der Waals surface area contributed by atoms with Crippen LogP contribution in [0.1, 0.15) is 24.5 Å². The molecule has 0 heterocycles. The van der Waals surface area contributed by atoms with Crippen LogP contribution in [0.4, 0.5) is 4.39 Å². The zero-order chi connectivity index (χ0) is 20.7. The van der Waals surface area contributed by atoms with Crippen LogP contribution in [0.3, 0.4) is 0 Å². The van der Waals surface area contributed by atoms with Gasteiger partial charge in [0.15, 0.2) is 0 Å². The van der Waals surface area contributed by atoms with Gasteiger partial charge in [-0.3, -0.25) is 9.59 Å². The van der Waals surface area contributed by atoms with E-state index < -0.39 is 11.9 Å². The number of nitrogens with zero attached hydrogens (tertiary/aromatic N) is 1. The van der Waals surface area contributed by atoms with E-state index in [4.69, 9.17) is 16.3 Å². The highest BCUT2D eigenvalue weighted by Gasteiger charge is 2.29. The lowest BCUT2D eigenvalue weighted by Gasteiger charge is -2.30. The number of hydrogen-bond donors (Lipinski definition) is 1. The first kappa shape index (κ1) is 21.7. The minimum absolute atomic E-state index is 0.126. The summed E-state index contributed by atoms with van der Waals surface area (Å²) in [6, 6.07) is 10.8. The molecule has 5 nitrogen and oxygen atoms in total. The second kappa shape index (κ2) is 10.1. The first-order valence-corrected chi connectivity index (χ1v) is 9.35. The number of methoxy groups -OCH3 is 1. The van der Waals surface area contributed by atoms with Gasteiger partial charge < -0.3 is 15.0 Å². The molecular weight excluding hydrogens is 383 g/mol. The number of hydrogen-bond acceptors (Lipinski definition) is 3. The summed E-state index contributed by atoms with van der Waals surface area (Å²) < 4.78 is 19.3. The van der Waals surface area contributed by atoms with Crippen LogP contribution in [0.25, 0.3) is 0 Å². The number of carbonyl (C=O) groups excluding carboxylic acids is 2. The third-order valence-electron chi connectivity index (χ3n) is 4.53. The SMILES string of the molecule is CC[C@H](C(=O)NC)N(Cc1ccc(OC)cc1)C(=O)Cc1c(F)cccc1Cl. The number of rotatable bonds is 8. The molecule has 2 amide bonds. The highest BCUT2D eigenvalue weighted by molar-refractivity contribution is 6.31. The van der Waals surface area contributed by atoms with Gasteiger partial charge in [-0.15, -0.1) is 0 Å². The summed E-state index contributed by atoms with van der Waals surface area (Å²) in [5.74, 6) is -0.501. The van der Waals surface area contributed by atoms with Gasteiger partial charge in [0.1, 0.15) is 17.6 Å². The van der Waals surface area contributed by atoms with Crippen molar-refractivity contribution in [3.8, 4) is 5.75 Å². The fourth-order valence-corrected chi connectivity index (χ4v) is 3.20. The van der Waals surface area contributed by atoms with E-state index in [-0.39, 0.29) is 35.4 Å². The molecule has 28 heavy (non-hydrogen) atoms. The maximum absolute atomic E-state index is 14.1. The molecule has 0 aliphatic rings. The van der Waals surface area contributed by atoms with Gasteiger partial charge in [-0.25, -0.2) is 4.39 Å². The Balaban J connectivity index is 2.33. The predicted molar refractivity (Wildman–Crippen MR) is 107 cm³/mol. The van der Waals surface area contributed by atoms with Crippen LogP contribution in [0.5, 0.6) is 5.75 Å². The average molecular weight is 407 g/mol. The summed E-state index contributed by atoms with van der Waals surface area (Å²) in [7, 11) is 3.09. The standard InChI is InChI=1S/C21H24ClFN2O3/c1-4-19(21(27)24-2)25(13-14-8-10-15(28-3)11-9-14)20(26)12-16-17(22)6-5-7-18(16)23/h5-11,19H,4,12-13H2,1-3H3,(H,24,27)/t19-/m1/s1. The number of likely N-dealkylation sites (N-methyl/N-ethyl adjacent to an activating group) is 1. The molecule has 0 unspecified atom stereocenters. The Labute approximate surface area is 169 Å². The average Bonchev–Trinajstić information content (AvgIpc) is 2.70. The lowest BCUT2D eigenvalue weighted by molar-refractivity contribution is -0.140. The largest absolute Gasteiger partial charge is 0.497 e. The van der Waals surface area contributed by atoms with Crippen molar-refractivity contribution in [1.29, 1.82) is 0 Å². The Hall–Kier alpha value is -2.60. The van der Waals surface area contributed by atoms with Gasteiger partial charge in [0.25, 0.3) is 0 Å². The van der Waals surface area contributed by atoms with E-state index in [1.165, 1.54) is 30.1 Å². The monoisotopic (exact) mass is 406 g/mol. The molecule has 150 valence electrons. The molecule has 0 radical (unpaired) electrons. The second-order valence-corrected chi connectivity index (χ2v) is 6.69. The Morgan fingerprint density at radius 3 is 2.43 bits per heavy atom. The molecule has 0 bridgehead atoms. The Kier molecular flexibility index (Phi) is 7.81. The van der Waals surface area contributed by atoms with Crippen LogP contribution >= 0.6 is 11.6 Å². The van der Waals surface area contributed by atoms with E-state index in [1.807, 2.05) is 19.1 Å². The molecule has 0 aliphatic carbocycles. The number of halogens is 2. The number of nitrogens with one attached hydrogen (secondary N) is 1. The van der Waals surface area contributed by atoms with Crippen LogP contribution in [-0.4, -0.2) is 36.9 Å². The summed E-state index contributed by atoms with van der Waals surface area (Å²) >= 11 is 6.07. The van der Waals surface area contributed by atoms with E-state index in [0.29, 0.717) is 12.2 Å². The van der Waals surface area contributed by atoms with Crippen molar-refractivity contribution in [2.24, 2.45) is 0 Å². The third kappa shape index (κ3) is 5.23. The van der Waals surface area contributed by atoms with Gasteiger partial charge in [0.05, 0.1) is 13.5 Å². The van der Waals surface area contributed by atoms with Crippen LogP contribution < -0.4 is 10.1 Å². The van der Waals surface area contributed by atoms with Gasteiger partial charge in [-0.2, -0.15) is 0 Å². The molecule has 0 saturated heterocycles. The van der Waals surface area contributed by atoms with Crippen molar-refractivity contribution in [3.05, 3.63) is 64.4 Å². The van der Waals surface area contributed by atoms with Crippen LogP contribution in [0, 0.1) is 5.82 Å². The van der Waals surface area contributed by atoms with Gasteiger partial charge in [-0.1, -0.05) is 36.7 Å². The summed E-state index contributed by atoms with van der Waals surface area (Å²) in [6.07, 6.45) is 0.196. The summed E-state index contributed by atoms with van der Waals surface area (Å²) in [5.41, 5.74) is 0.955. The van der Waals surface area contributed by atoms with Crippen molar-refractivity contribution >= 4 is 23.4 Å². The van der Waals surface area contributed by atoms with E-state index in [9.17, 15) is 14.0 Å². The van der Waals surface area contributed by atoms with E-state index in [2.05, 4.69) is 5.32 Å². The van der Waals surface area contributed by atoms with E-state index >= 15 is 0 Å². The van der Waals surface area contributed by atoms with Gasteiger partial charge >= 0.3 is 0 Å². The van der Waals surface area contributed by atoms with Crippen molar-refractivity contribution in [2.75, 3.05) is 14.2 Å². The molecule has 2 aromatic carbocycles. The van der Waals surface area contributed by atoms with Crippen molar-refractivity contribution in [2.45, 2.75) is 32.4 Å². The highest BCUT2D eigenvalue weighted by Crippen LogP contribution is 2.22. The van der Waals surface area contributed by atoms with Crippen LogP contribution in [-0.2, 0) is 22.6 Å². The lowest BCUT2D eigenvalue weighted by atomic mass is 10.1. The van der Waals surface area contributed by atoms with Gasteiger partial charge in [0.2, 0.25) is 11.8 Å². The van der Waals surface area contributed by atoms with Crippen molar-refractivity contribution in [1.82, 2.24) is 10.2 Å². The first-order chi connectivity index (χ1) is 13.4. The Bertz CT molecular complexity index is 807. The summed E-state index contributed by atoms with van der Waals surface area (Å²) in [5, 5.41) is 2.77. The molecule has 0 spiro atoms. The maximum Gasteiger partial charge on any atom is 0.242 e. The van der Waals surface area contributed by atoms with Gasteiger partial charge in [-0.05, 0) is 36.2 Å². The number of amides is 2. The molecular formula is C21H24ClFN2O3. The normalized spacial score (nSPS) is 11.6. The highest BCUT2D eigenvalue weighted by atomic mass is 35.5. The topological polar surface area (TPSA) is 58.6 Å². The molecule has 2 rings (SSSR count). The quantitative estimate of drug-likeness (QED) is 0.728. The van der Waals surface area contributed by atoms with Crippen molar-refractivity contribution in [3.63, 3.8) is 0 Å². The lowest BCUT2D eigenvalue weighted by Crippen LogP contribution is -2.48. The molecule has 7 heteroatoms. The third-order valence-corrected chi connectivity index (χ3v) is 4.89. The molecule has 1 N–H and O–H groups in total. The van der Waals surface area contributed by atoms with Crippen LogP contribution in [0.2, 0.25) is 5.02 Å². The number of benzene rings is 2. The van der Waals surface area contributed by atoms with Crippen molar-refractivity contribution < 1.29 is 18.7 Å². The molecule has 0 fully saturated rings. The van der Waals surface area contributed by atoms with E-state index in [1.54, 1.807) is 19.2 Å². The summed E-state index contributed by atoms with van der Waals surface area (Å²) in [4.78, 5) is 26.9. The second-order valence-electron chi connectivity index (χ2n) is 6.29.